The molecule has 1 atom stereocenters. The van der Waals surface area contributed by atoms with Gasteiger partial charge >= 0.3 is 6.09 Å². The maximum Gasteiger partial charge on any atom is 0.407 e. The maximum atomic E-state index is 13.9. The van der Waals surface area contributed by atoms with Crippen molar-refractivity contribution in [3.8, 4) is 0 Å². The number of ketones is 1. The van der Waals surface area contributed by atoms with Crippen LogP contribution in [0.4, 0.5) is 9.18 Å². The Hall–Kier alpha value is -1.43. The Balaban J connectivity index is 2.42. The van der Waals surface area contributed by atoms with Crippen molar-refractivity contribution in [3.63, 3.8) is 0 Å². The Morgan fingerprint density at radius 2 is 2.28 bits per heavy atom. The maximum absolute atomic E-state index is 13.9. The van der Waals surface area contributed by atoms with Crippen LogP contribution in [0.2, 0.25) is 0 Å². The zero-order valence-corrected chi connectivity index (χ0v) is 11.2. The van der Waals surface area contributed by atoms with Crippen LogP contribution in [-0.4, -0.2) is 19.0 Å². The summed E-state index contributed by atoms with van der Waals surface area (Å²) in [7, 11) is 1.26. The predicted molar refractivity (Wildman–Crippen MR) is 65.9 cm³/mol. The van der Waals surface area contributed by atoms with Crippen molar-refractivity contribution in [2.75, 3.05) is 7.11 Å². The smallest absolute Gasteiger partial charge is 0.407 e. The van der Waals surface area contributed by atoms with Gasteiger partial charge in [-0.05, 0) is 34.0 Å². The van der Waals surface area contributed by atoms with Gasteiger partial charge < -0.3 is 10.1 Å². The molecule has 1 N–H and O–H groups in total. The van der Waals surface area contributed by atoms with Crippen molar-refractivity contribution >= 4 is 27.8 Å². The van der Waals surface area contributed by atoms with Gasteiger partial charge in [-0.15, -0.1) is 0 Å². The van der Waals surface area contributed by atoms with E-state index in [-0.39, 0.29) is 22.2 Å². The summed E-state index contributed by atoms with van der Waals surface area (Å²) < 4.78 is 18.7. The third kappa shape index (κ3) is 2.25. The van der Waals surface area contributed by atoms with Gasteiger partial charge in [0.25, 0.3) is 0 Å². The fourth-order valence-electron chi connectivity index (χ4n) is 2.05. The quantitative estimate of drug-likeness (QED) is 0.866. The van der Waals surface area contributed by atoms with E-state index in [1.807, 2.05) is 0 Å². The molecule has 0 aromatic heterocycles. The number of carbonyl (C=O) groups excluding carboxylic acids is 2. The van der Waals surface area contributed by atoms with Crippen LogP contribution < -0.4 is 5.32 Å². The van der Waals surface area contributed by atoms with Crippen LogP contribution >= 0.6 is 15.9 Å². The molecule has 1 unspecified atom stereocenters. The minimum atomic E-state index is -0.594. The van der Waals surface area contributed by atoms with Crippen LogP contribution in [-0.2, 0) is 4.74 Å². The van der Waals surface area contributed by atoms with E-state index in [9.17, 15) is 14.0 Å². The zero-order chi connectivity index (χ0) is 13.3. The Kier molecular flexibility index (Phi) is 3.65. The predicted octanol–water partition coefficient (Wildman–Crippen LogP) is 2.96. The molecule has 0 radical (unpaired) electrons. The molecule has 1 aromatic rings. The van der Waals surface area contributed by atoms with Crippen molar-refractivity contribution in [1.82, 2.24) is 5.32 Å². The first-order valence-corrected chi connectivity index (χ1v) is 6.19. The first kappa shape index (κ1) is 13.0. The summed E-state index contributed by atoms with van der Waals surface area (Å²) in [5.41, 5.74) is 0.550. The average Bonchev–Trinajstić information content (AvgIpc) is 2.36. The molecule has 6 heteroatoms. The van der Waals surface area contributed by atoms with E-state index in [0.29, 0.717) is 12.0 Å². The van der Waals surface area contributed by atoms with Gasteiger partial charge in [0.15, 0.2) is 5.78 Å². The van der Waals surface area contributed by atoms with Crippen LogP contribution in [0.3, 0.4) is 0 Å². The third-order valence-corrected chi connectivity index (χ3v) is 3.53. The fourth-order valence-corrected chi connectivity index (χ4v) is 2.38. The van der Waals surface area contributed by atoms with E-state index >= 15 is 0 Å². The molecule has 1 aliphatic rings. The number of rotatable bonds is 1. The van der Waals surface area contributed by atoms with Crippen LogP contribution in [0.15, 0.2) is 16.6 Å². The highest BCUT2D eigenvalue weighted by Gasteiger charge is 2.30. The molecule has 0 saturated heterocycles. The number of ether oxygens (including phenoxy) is 1. The van der Waals surface area contributed by atoms with Gasteiger partial charge in [0.05, 0.1) is 23.2 Å². The van der Waals surface area contributed by atoms with Gasteiger partial charge in [-0.3, -0.25) is 4.79 Å². The molecule has 18 heavy (non-hydrogen) atoms. The Bertz CT molecular complexity index is 518. The first-order chi connectivity index (χ1) is 8.54. The molecule has 96 valence electrons. The highest BCUT2D eigenvalue weighted by Crippen LogP contribution is 2.34. The first-order valence-electron chi connectivity index (χ1n) is 5.40. The topological polar surface area (TPSA) is 55.4 Å². The van der Waals surface area contributed by atoms with Gasteiger partial charge in [0.1, 0.15) is 5.82 Å². The molecule has 0 aliphatic heterocycles. The molecule has 1 aromatic carbocycles. The van der Waals surface area contributed by atoms with E-state index in [4.69, 9.17) is 0 Å². The van der Waals surface area contributed by atoms with Gasteiger partial charge in [0, 0.05) is 6.42 Å². The van der Waals surface area contributed by atoms with E-state index in [2.05, 4.69) is 26.0 Å². The van der Waals surface area contributed by atoms with Crippen molar-refractivity contribution in [3.05, 3.63) is 33.5 Å². The summed E-state index contributed by atoms with van der Waals surface area (Å²) in [5, 5.41) is 2.60. The lowest BCUT2D eigenvalue weighted by molar-refractivity contribution is 0.0956. The monoisotopic (exact) mass is 315 g/mol. The summed E-state index contributed by atoms with van der Waals surface area (Å²) in [4.78, 5) is 23.0. The summed E-state index contributed by atoms with van der Waals surface area (Å²) in [5.74, 6) is -0.819. The summed E-state index contributed by atoms with van der Waals surface area (Å²) in [6.07, 6.45) is 0.0560. The fraction of sp³-hybridized carbons (Fsp3) is 0.333. The second-order valence-corrected chi connectivity index (χ2v) is 4.83. The largest absolute Gasteiger partial charge is 0.453 e. The molecular formula is C12H11BrFNO3. The van der Waals surface area contributed by atoms with Gasteiger partial charge in [-0.25, -0.2) is 9.18 Å². The van der Waals surface area contributed by atoms with E-state index in [0.717, 1.165) is 0 Å². The number of methoxy groups -OCH3 is 1. The van der Waals surface area contributed by atoms with Crippen molar-refractivity contribution in [2.45, 2.75) is 18.9 Å². The Morgan fingerprint density at radius 3 is 2.94 bits per heavy atom. The van der Waals surface area contributed by atoms with E-state index < -0.39 is 18.0 Å². The molecule has 0 spiro atoms. The second-order valence-electron chi connectivity index (χ2n) is 3.98. The molecule has 2 rings (SSSR count). The zero-order valence-electron chi connectivity index (χ0n) is 9.63. The average molecular weight is 316 g/mol. The van der Waals surface area contributed by atoms with Gasteiger partial charge in [0.2, 0.25) is 0 Å². The SMILES string of the molecule is COC(=O)NC1CCC(=O)c2c1ccc(Br)c2F. The number of fused-ring (bicyclic) bond motifs is 1. The van der Waals surface area contributed by atoms with E-state index in [1.54, 1.807) is 6.07 Å². The lowest BCUT2D eigenvalue weighted by Gasteiger charge is -2.25. The number of amides is 1. The molecule has 0 fully saturated rings. The minimum absolute atomic E-state index is 0.0528. The van der Waals surface area contributed by atoms with E-state index in [1.165, 1.54) is 13.2 Å². The lowest BCUT2D eigenvalue weighted by Crippen LogP contribution is -2.32. The number of carbonyl (C=O) groups is 2. The van der Waals surface area contributed by atoms with Gasteiger partial charge in [-0.2, -0.15) is 0 Å². The third-order valence-electron chi connectivity index (χ3n) is 2.92. The molecule has 0 bridgehead atoms. The van der Waals surface area contributed by atoms with Crippen molar-refractivity contribution in [2.24, 2.45) is 0 Å². The van der Waals surface area contributed by atoms with Crippen molar-refractivity contribution in [1.29, 1.82) is 0 Å². The van der Waals surface area contributed by atoms with Crippen LogP contribution in [0.1, 0.15) is 34.8 Å². The lowest BCUT2D eigenvalue weighted by atomic mass is 9.86. The molecule has 1 amide bonds. The summed E-state index contributed by atoms with van der Waals surface area (Å²) >= 11 is 3.05. The highest BCUT2D eigenvalue weighted by molar-refractivity contribution is 9.10. The molecule has 4 nitrogen and oxygen atoms in total. The molecule has 0 saturated carbocycles. The normalized spacial score (nSPS) is 18.2. The number of Topliss-reactive ketones (excluding diaryl/α,β-unsaturated/α-hetero) is 1. The summed E-state index contributed by atoms with van der Waals surface area (Å²) in [6, 6.07) is 2.77. The van der Waals surface area contributed by atoms with Crippen molar-refractivity contribution < 1.29 is 18.7 Å². The molecular weight excluding hydrogens is 305 g/mol. The Morgan fingerprint density at radius 1 is 1.56 bits per heavy atom. The van der Waals surface area contributed by atoms with Crippen LogP contribution in [0.25, 0.3) is 0 Å². The molecule has 0 heterocycles. The minimum Gasteiger partial charge on any atom is -0.453 e. The highest BCUT2D eigenvalue weighted by atomic mass is 79.9. The number of benzene rings is 1. The van der Waals surface area contributed by atoms with Gasteiger partial charge in [-0.1, -0.05) is 6.07 Å². The number of halogens is 2. The second kappa shape index (κ2) is 5.06. The summed E-state index contributed by atoms with van der Waals surface area (Å²) in [6.45, 7) is 0. The number of alkyl carbamates (subject to hydrolysis) is 1. The standard InChI is InChI=1S/C12H11BrFNO3/c1-18-12(17)15-8-4-5-9(16)10-6(8)2-3-7(13)11(10)14/h2-3,8H,4-5H2,1H3,(H,15,17). The molecule has 1 aliphatic carbocycles. The number of hydrogen-bond acceptors (Lipinski definition) is 3. The Labute approximate surface area is 112 Å². The number of hydrogen-bond donors (Lipinski definition) is 1. The number of nitrogens with one attached hydrogen (secondary N) is 1. The van der Waals surface area contributed by atoms with Crippen LogP contribution in [0, 0.1) is 5.82 Å². The van der Waals surface area contributed by atoms with Crippen LogP contribution in [0.5, 0.6) is 0 Å².